The third kappa shape index (κ3) is 5.33. The van der Waals surface area contributed by atoms with Crippen LogP contribution in [0.4, 0.5) is 5.69 Å². The Hall–Kier alpha value is -3.94. The van der Waals surface area contributed by atoms with Gasteiger partial charge >= 0.3 is 0 Å². The molecular weight excluding hydrogens is 448 g/mol. The number of ether oxygens (including phenoxy) is 1. The van der Waals surface area contributed by atoms with Crippen molar-refractivity contribution in [1.29, 1.82) is 0 Å². The molecule has 4 rings (SSSR count). The third-order valence-electron chi connectivity index (χ3n) is 5.30. The van der Waals surface area contributed by atoms with Crippen molar-refractivity contribution in [3.63, 3.8) is 0 Å². The van der Waals surface area contributed by atoms with Crippen LogP contribution in [0.25, 0.3) is 0 Å². The van der Waals surface area contributed by atoms with Crippen molar-refractivity contribution in [2.24, 2.45) is 0 Å². The smallest absolute Gasteiger partial charge is 0.255 e. The van der Waals surface area contributed by atoms with E-state index in [1.54, 1.807) is 24.3 Å². The first-order chi connectivity index (χ1) is 16.5. The van der Waals surface area contributed by atoms with E-state index < -0.39 is 16.1 Å². The first-order valence-corrected chi connectivity index (χ1v) is 12.1. The molecule has 0 bridgehead atoms. The SMILES string of the molecule is COc1ccc(S(=O)(=O)NC(c2ccccc2)c2ccccc2)cc1NC(=O)c1ccccc1. The van der Waals surface area contributed by atoms with E-state index in [2.05, 4.69) is 10.0 Å². The van der Waals surface area contributed by atoms with Crippen LogP contribution in [0.5, 0.6) is 5.75 Å². The molecule has 0 spiro atoms. The number of sulfonamides is 1. The highest BCUT2D eigenvalue weighted by molar-refractivity contribution is 7.89. The summed E-state index contributed by atoms with van der Waals surface area (Å²) in [4.78, 5) is 12.7. The van der Waals surface area contributed by atoms with Crippen LogP contribution in [-0.4, -0.2) is 21.4 Å². The molecule has 7 heteroatoms. The van der Waals surface area contributed by atoms with E-state index in [1.807, 2.05) is 66.7 Å². The number of carbonyl (C=O) groups excluding carboxylic acids is 1. The molecule has 0 aliphatic carbocycles. The van der Waals surface area contributed by atoms with Crippen LogP contribution in [0.1, 0.15) is 27.5 Å². The van der Waals surface area contributed by atoms with Gasteiger partial charge in [0.25, 0.3) is 5.91 Å². The maximum Gasteiger partial charge on any atom is 0.255 e. The van der Waals surface area contributed by atoms with E-state index in [0.717, 1.165) is 11.1 Å². The van der Waals surface area contributed by atoms with E-state index in [9.17, 15) is 13.2 Å². The van der Waals surface area contributed by atoms with Crippen molar-refractivity contribution in [1.82, 2.24) is 4.72 Å². The minimum absolute atomic E-state index is 0.00789. The van der Waals surface area contributed by atoms with Crippen LogP contribution in [0.15, 0.2) is 114 Å². The summed E-state index contributed by atoms with van der Waals surface area (Å²) in [5.41, 5.74) is 2.33. The Labute approximate surface area is 199 Å². The van der Waals surface area contributed by atoms with Gasteiger partial charge in [0.1, 0.15) is 5.75 Å². The van der Waals surface area contributed by atoms with E-state index >= 15 is 0 Å². The zero-order valence-electron chi connectivity index (χ0n) is 18.5. The van der Waals surface area contributed by atoms with Gasteiger partial charge in [0.2, 0.25) is 10.0 Å². The topological polar surface area (TPSA) is 84.5 Å². The monoisotopic (exact) mass is 472 g/mol. The molecule has 0 unspecified atom stereocenters. The summed E-state index contributed by atoms with van der Waals surface area (Å²) in [6.07, 6.45) is 0. The molecule has 172 valence electrons. The number of rotatable bonds is 8. The molecule has 0 aliphatic rings. The fourth-order valence-electron chi connectivity index (χ4n) is 3.58. The fourth-order valence-corrected chi connectivity index (χ4v) is 4.82. The highest BCUT2D eigenvalue weighted by Gasteiger charge is 2.24. The molecule has 4 aromatic carbocycles. The second-order valence-electron chi connectivity index (χ2n) is 7.56. The lowest BCUT2D eigenvalue weighted by Gasteiger charge is -2.20. The Morgan fingerprint density at radius 2 is 1.29 bits per heavy atom. The molecule has 1 amide bonds. The van der Waals surface area contributed by atoms with Gasteiger partial charge < -0.3 is 10.1 Å². The molecule has 0 aromatic heterocycles. The Balaban J connectivity index is 1.67. The van der Waals surface area contributed by atoms with E-state index in [0.29, 0.717) is 11.3 Å². The first kappa shape index (κ1) is 23.2. The average molecular weight is 473 g/mol. The predicted octanol–water partition coefficient (Wildman–Crippen LogP) is 5.02. The predicted molar refractivity (Wildman–Crippen MR) is 132 cm³/mol. The van der Waals surface area contributed by atoms with Gasteiger partial charge in [0, 0.05) is 5.56 Å². The Morgan fingerprint density at radius 1 is 0.765 bits per heavy atom. The van der Waals surface area contributed by atoms with Crippen LogP contribution in [-0.2, 0) is 10.0 Å². The molecule has 0 aliphatic heterocycles. The molecule has 6 nitrogen and oxygen atoms in total. The van der Waals surface area contributed by atoms with Gasteiger partial charge in [-0.25, -0.2) is 8.42 Å². The van der Waals surface area contributed by atoms with Gasteiger partial charge in [0.05, 0.1) is 23.7 Å². The lowest BCUT2D eigenvalue weighted by molar-refractivity contribution is 0.102. The largest absolute Gasteiger partial charge is 0.495 e. The van der Waals surface area contributed by atoms with Gasteiger partial charge in [-0.3, -0.25) is 4.79 Å². The minimum Gasteiger partial charge on any atom is -0.495 e. The lowest BCUT2D eigenvalue weighted by atomic mass is 10.00. The highest BCUT2D eigenvalue weighted by Crippen LogP contribution is 2.30. The molecule has 0 fully saturated rings. The lowest BCUT2D eigenvalue weighted by Crippen LogP contribution is -2.29. The van der Waals surface area contributed by atoms with Crippen LogP contribution in [0, 0.1) is 0 Å². The summed E-state index contributed by atoms with van der Waals surface area (Å²) in [5.74, 6) is -0.0150. The molecule has 34 heavy (non-hydrogen) atoms. The Bertz CT molecular complexity index is 1320. The molecule has 0 saturated heterocycles. The summed E-state index contributed by atoms with van der Waals surface area (Å²) >= 11 is 0. The zero-order valence-corrected chi connectivity index (χ0v) is 19.3. The summed E-state index contributed by atoms with van der Waals surface area (Å²) < 4.78 is 35.0. The molecule has 0 radical (unpaired) electrons. The molecule has 4 aromatic rings. The van der Waals surface area contributed by atoms with Crippen molar-refractivity contribution < 1.29 is 17.9 Å². The number of hydrogen-bond acceptors (Lipinski definition) is 4. The Kier molecular flexibility index (Phi) is 7.06. The number of nitrogens with one attached hydrogen (secondary N) is 2. The van der Waals surface area contributed by atoms with Crippen LogP contribution < -0.4 is 14.8 Å². The summed E-state index contributed by atoms with van der Waals surface area (Å²) in [7, 11) is -2.50. The molecule has 0 heterocycles. The van der Waals surface area contributed by atoms with Crippen molar-refractivity contribution >= 4 is 21.6 Å². The number of methoxy groups -OCH3 is 1. The number of anilines is 1. The van der Waals surface area contributed by atoms with Crippen molar-refractivity contribution in [2.75, 3.05) is 12.4 Å². The molecule has 2 N–H and O–H groups in total. The fraction of sp³-hybridized carbons (Fsp3) is 0.0741. The molecule has 0 saturated carbocycles. The second kappa shape index (κ2) is 10.3. The third-order valence-corrected chi connectivity index (χ3v) is 6.72. The summed E-state index contributed by atoms with van der Waals surface area (Å²) in [5, 5.41) is 2.75. The van der Waals surface area contributed by atoms with Gasteiger partial charge in [0.15, 0.2) is 0 Å². The number of amides is 1. The van der Waals surface area contributed by atoms with Crippen molar-refractivity contribution in [3.8, 4) is 5.75 Å². The van der Waals surface area contributed by atoms with Crippen molar-refractivity contribution in [2.45, 2.75) is 10.9 Å². The maximum absolute atomic E-state index is 13.4. The first-order valence-electron chi connectivity index (χ1n) is 10.6. The quantitative estimate of drug-likeness (QED) is 0.377. The molecule has 0 atom stereocenters. The highest BCUT2D eigenvalue weighted by atomic mass is 32.2. The maximum atomic E-state index is 13.4. The Morgan fingerprint density at radius 3 is 1.82 bits per heavy atom. The van der Waals surface area contributed by atoms with Crippen LogP contribution in [0.3, 0.4) is 0 Å². The van der Waals surface area contributed by atoms with Crippen molar-refractivity contribution in [3.05, 3.63) is 126 Å². The van der Waals surface area contributed by atoms with Gasteiger partial charge in [-0.05, 0) is 41.5 Å². The summed E-state index contributed by atoms with van der Waals surface area (Å²) in [6.45, 7) is 0. The second-order valence-corrected chi connectivity index (χ2v) is 9.27. The van der Waals surface area contributed by atoms with Crippen LogP contribution >= 0.6 is 0 Å². The molecular formula is C27H24N2O4S. The average Bonchev–Trinajstić information content (AvgIpc) is 2.89. The van der Waals surface area contributed by atoms with Crippen LogP contribution in [0.2, 0.25) is 0 Å². The van der Waals surface area contributed by atoms with Gasteiger partial charge in [-0.1, -0.05) is 78.9 Å². The zero-order chi connectivity index (χ0) is 24.0. The number of hydrogen-bond donors (Lipinski definition) is 2. The van der Waals surface area contributed by atoms with Gasteiger partial charge in [-0.2, -0.15) is 4.72 Å². The van der Waals surface area contributed by atoms with E-state index in [1.165, 1.54) is 25.3 Å². The minimum atomic E-state index is -3.96. The van der Waals surface area contributed by atoms with E-state index in [-0.39, 0.29) is 16.5 Å². The summed E-state index contributed by atoms with van der Waals surface area (Å²) in [6, 6.07) is 31.2. The normalized spacial score (nSPS) is 11.2. The van der Waals surface area contributed by atoms with E-state index in [4.69, 9.17) is 4.74 Å². The standard InChI is InChI=1S/C27H24N2O4S/c1-33-25-18-17-23(19-24(25)28-27(30)22-15-9-4-10-16-22)34(31,32)29-26(20-11-5-2-6-12-20)21-13-7-3-8-14-21/h2-19,26,29H,1H3,(H,28,30). The number of benzene rings is 4. The van der Waals surface area contributed by atoms with Gasteiger partial charge in [-0.15, -0.1) is 0 Å². The number of carbonyl (C=O) groups is 1.